The van der Waals surface area contributed by atoms with Crippen molar-refractivity contribution in [2.24, 2.45) is 0 Å². The summed E-state index contributed by atoms with van der Waals surface area (Å²) in [6, 6.07) is 13.5. The van der Waals surface area contributed by atoms with Crippen molar-refractivity contribution in [3.05, 3.63) is 63.1 Å². The number of halogens is 3. The summed E-state index contributed by atoms with van der Waals surface area (Å²) in [4.78, 5) is 15.3. The molecule has 0 spiro atoms. The monoisotopic (exact) mass is 422 g/mol. The predicted octanol–water partition coefficient (Wildman–Crippen LogP) is 5.53. The summed E-state index contributed by atoms with van der Waals surface area (Å²) in [6.07, 6.45) is 0. The lowest BCUT2D eigenvalue weighted by molar-refractivity contribution is 0.378. The molecule has 3 rings (SSSR count). The standard InChI is InChI=1S/C19H17Cl3N4O/c1-3-26(11-12-7-5-4-6-8-12)18-23-17(24-19(25-18)27-2)16-14(21)9-13(20)10-15(16)22/h4-10H,3,11H2,1-2H3. The lowest BCUT2D eigenvalue weighted by Crippen LogP contribution is -2.25. The number of benzene rings is 2. The van der Waals surface area contributed by atoms with E-state index in [9.17, 15) is 0 Å². The van der Waals surface area contributed by atoms with Crippen LogP contribution in [0.5, 0.6) is 6.01 Å². The molecule has 0 bridgehead atoms. The van der Waals surface area contributed by atoms with E-state index < -0.39 is 0 Å². The van der Waals surface area contributed by atoms with E-state index in [1.54, 1.807) is 12.1 Å². The fourth-order valence-corrected chi connectivity index (χ4v) is 3.56. The minimum atomic E-state index is 0.184. The van der Waals surface area contributed by atoms with Crippen LogP contribution in [0, 0.1) is 0 Å². The molecule has 0 amide bonds. The fraction of sp³-hybridized carbons (Fsp3) is 0.211. The van der Waals surface area contributed by atoms with E-state index in [1.165, 1.54) is 7.11 Å². The van der Waals surface area contributed by atoms with E-state index in [4.69, 9.17) is 39.5 Å². The van der Waals surface area contributed by atoms with Crippen molar-refractivity contribution in [2.45, 2.75) is 13.5 Å². The third kappa shape index (κ3) is 4.61. The molecule has 0 N–H and O–H groups in total. The molecule has 8 heteroatoms. The first-order valence-corrected chi connectivity index (χ1v) is 9.39. The molecule has 5 nitrogen and oxygen atoms in total. The fourth-order valence-electron chi connectivity index (χ4n) is 2.57. The number of methoxy groups -OCH3 is 1. The van der Waals surface area contributed by atoms with Crippen molar-refractivity contribution in [2.75, 3.05) is 18.6 Å². The van der Waals surface area contributed by atoms with Crippen LogP contribution < -0.4 is 9.64 Å². The smallest absolute Gasteiger partial charge is 0.321 e. The minimum absolute atomic E-state index is 0.184. The van der Waals surface area contributed by atoms with Crippen molar-refractivity contribution in [1.29, 1.82) is 0 Å². The zero-order chi connectivity index (χ0) is 19.4. The van der Waals surface area contributed by atoms with Gasteiger partial charge in [0.1, 0.15) is 0 Å². The Bertz CT molecular complexity index is 914. The number of anilines is 1. The maximum atomic E-state index is 6.34. The second-order valence-corrected chi connectivity index (χ2v) is 6.94. The van der Waals surface area contributed by atoms with Crippen LogP contribution in [-0.2, 0) is 6.54 Å². The molecular weight excluding hydrogens is 407 g/mol. The van der Waals surface area contributed by atoms with Gasteiger partial charge in [0.2, 0.25) is 5.95 Å². The summed E-state index contributed by atoms with van der Waals surface area (Å²) in [5.74, 6) is 0.806. The van der Waals surface area contributed by atoms with Crippen LogP contribution in [0.3, 0.4) is 0 Å². The molecule has 0 unspecified atom stereocenters. The molecule has 1 heterocycles. The van der Waals surface area contributed by atoms with E-state index in [1.807, 2.05) is 30.0 Å². The summed E-state index contributed by atoms with van der Waals surface area (Å²) >= 11 is 18.7. The zero-order valence-corrected chi connectivity index (χ0v) is 17.1. The Labute approximate surface area is 172 Å². The van der Waals surface area contributed by atoms with Crippen molar-refractivity contribution in [3.8, 4) is 17.4 Å². The summed E-state index contributed by atoms with van der Waals surface area (Å²) < 4.78 is 5.26. The van der Waals surface area contributed by atoms with Crippen LogP contribution in [0.2, 0.25) is 15.1 Å². The van der Waals surface area contributed by atoms with Gasteiger partial charge in [-0.2, -0.15) is 15.0 Å². The van der Waals surface area contributed by atoms with Crippen LogP contribution in [0.1, 0.15) is 12.5 Å². The highest BCUT2D eigenvalue weighted by molar-refractivity contribution is 6.41. The maximum absolute atomic E-state index is 6.34. The quantitative estimate of drug-likeness (QED) is 0.521. The van der Waals surface area contributed by atoms with Gasteiger partial charge in [-0.3, -0.25) is 0 Å². The van der Waals surface area contributed by atoms with Crippen LogP contribution in [0.15, 0.2) is 42.5 Å². The van der Waals surface area contributed by atoms with Crippen molar-refractivity contribution in [3.63, 3.8) is 0 Å². The molecule has 27 heavy (non-hydrogen) atoms. The average molecular weight is 424 g/mol. The topological polar surface area (TPSA) is 51.1 Å². The molecule has 140 valence electrons. The van der Waals surface area contributed by atoms with Crippen LogP contribution in [0.4, 0.5) is 5.95 Å². The molecule has 0 aliphatic rings. The second-order valence-electron chi connectivity index (χ2n) is 5.69. The van der Waals surface area contributed by atoms with E-state index in [0.29, 0.717) is 45.5 Å². The summed E-state index contributed by atoms with van der Waals surface area (Å²) in [5.41, 5.74) is 1.63. The van der Waals surface area contributed by atoms with Gasteiger partial charge in [0.25, 0.3) is 0 Å². The van der Waals surface area contributed by atoms with Gasteiger partial charge in [-0.15, -0.1) is 0 Å². The first-order valence-electron chi connectivity index (χ1n) is 8.25. The van der Waals surface area contributed by atoms with Crippen LogP contribution in [0.25, 0.3) is 11.4 Å². The summed E-state index contributed by atoms with van der Waals surface area (Å²) in [6.45, 7) is 3.37. The highest BCUT2D eigenvalue weighted by Gasteiger charge is 2.18. The molecule has 0 aliphatic carbocycles. The molecule has 0 saturated heterocycles. The number of hydrogen-bond donors (Lipinski definition) is 0. The minimum Gasteiger partial charge on any atom is -0.467 e. The Balaban J connectivity index is 2.06. The lowest BCUT2D eigenvalue weighted by atomic mass is 10.2. The van der Waals surface area contributed by atoms with Crippen LogP contribution in [-0.4, -0.2) is 28.6 Å². The average Bonchev–Trinajstić information content (AvgIpc) is 2.65. The van der Waals surface area contributed by atoms with Crippen molar-refractivity contribution < 1.29 is 4.74 Å². The normalized spacial score (nSPS) is 10.7. The Morgan fingerprint density at radius 1 is 0.963 bits per heavy atom. The first kappa shape index (κ1) is 19.7. The predicted molar refractivity (Wildman–Crippen MR) is 110 cm³/mol. The third-order valence-electron chi connectivity index (χ3n) is 3.90. The Morgan fingerprint density at radius 2 is 1.63 bits per heavy atom. The van der Waals surface area contributed by atoms with Crippen molar-refractivity contribution in [1.82, 2.24) is 15.0 Å². The number of nitrogens with zero attached hydrogens (tertiary/aromatic N) is 4. The van der Waals surface area contributed by atoms with E-state index in [-0.39, 0.29) is 6.01 Å². The number of aromatic nitrogens is 3. The second kappa shape index (κ2) is 8.74. The van der Waals surface area contributed by atoms with Gasteiger partial charge in [0.05, 0.1) is 22.7 Å². The molecule has 0 atom stereocenters. The highest BCUT2D eigenvalue weighted by Crippen LogP contribution is 2.36. The van der Waals surface area contributed by atoms with Gasteiger partial charge in [-0.1, -0.05) is 65.1 Å². The first-order chi connectivity index (χ1) is 13.0. The zero-order valence-electron chi connectivity index (χ0n) is 14.8. The van der Waals surface area contributed by atoms with Crippen molar-refractivity contribution >= 4 is 40.8 Å². The van der Waals surface area contributed by atoms with Gasteiger partial charge in [0, 0.05) is 18.1 Å². The van der Waals surface area contributed by atoms with E-state index in [0.717, 1.165) is 5.56 Å². The number of ether oxygens (including phenoxy) is 1. The third-order valence-corrected chi connectivity index (χ3v) is 4.71. The molecule has 1 aromatic heterocycles. The SMILES string of the molecule is CCN(Cc1ccccc1)c1nc(OC)nc(-c2c(Cl)cc(Cl)cc2Cl)n1. The molecule has 0 radical (unpaired) electrons. The molecule has 2 aromatic carbocycles. The Morgan fingerprint density at radius 3 is 2.22 bits per heavy atom. The van der Waals surface area contributed by atoms with Gasteiger partial charge >= 0.3 is 6.01 Å². The molecule has 3 aromatic rings. The van der Waals surface area contributed by atoms with E-state index >= 15 is 0 Å². The van der Waals surface area contributed by atoms with Gasteiger partial charge in [-0.25, -0.2) is 0 Å². The Kier molecular flexibility index (Phi) is 6.37. The molecule has 0 saturated carbocycles. The van der Waals surface area contributed by atoms with Gasteiger partial charge in [0.15, 0.2) is 5.82 Å². The Hall–Kier alpha value is -2.08. The largest absolute Gasteiger partial charge is 0.467 e. The molecule has 0 fully saturated rings. The highest BCUT2D eigenvalue weighted by atomic mass is 35.5. The number of rotatable bonds is 6. The molecule has 0 aliphatic heterocycles. The summed E-state index contributed by atoms with van der Waals surface area (Å²) in [5, 5.41) is 1.16. The summed E-state index contributed by atoms with van der Waals surface area (Å²) in [7, 11) is 1.50. The molecular formula is C19H17Cl3N4O. The van der Waals surface area contributed by atoms with Gasteiger partial charge in [-0.05, 0) is 24.6 Å². The van der Waals surface area contributed by atoms with Gasteiger partial charge < -0.3 is 9.64 Å². The number of hydrogen-bond acceptors (Lipinski definition) is 5. The maximum Gasteiger partial charge on any atom is 0.321 e. The van der Waals surface area contributed by atoms with Crippen LogP contribution >= 0.6 is 34.8 Å². The van der Waals surface area contributed by atoms with E-state index in [2.05, 4.69) is 27.1 Å². The lowest BCUT2D eigenvalue weighted by Gasteiger charge is -2.21.